The summed E-state index contributed by atoms with van der Waals surface area (Å²) in [6.45, 7) is 0.563. The van der Waals surface area contributed by atoms with Gasteiger partial charge in [0.25, 0.3) is 0 Å². The normalized spacial score (nSPS) is 12.2. The van der Waals surface area contributed by atoms with Crippen LogP contribution in [0.1, 0.15) is 15.9 Å². The SMILES string of the molecule is O=C(O)c1ccc(I)c(OCc2ccc3c(c2)OCO3)c1. The maximum Gasteiger partial charge on any atom is 0.335 e. The summed E-state index contributed by atoms with van der Waals surface area (Å²) in [5.74, 6) is 0.999. The highest BCUT2D eigenvalue weighted by Crippen LogP contribution is 2.33. The van der Waals surface area contributed by atoms with Crippen LogP contribution < -0.4 is 14.2 Å². The van der Waals surface area contributed by atoms with Gasteiger partial charge in [0, 0.05) is 0 Å². The van der Waals surface area contributed by atoms with Crippen LogP contribution in [0.25, 0.3) is 0 Å². The molecule has 0 amide bonds. The Hall–Kier alpha value is -1.96. The lowest BCUT2D eigenvalue weighted by Gasteiger charge is -2.09. The number of aromatic carboxylic acids is 1. The van der Waals surface area contributed by atoms with E-state index in [0.29, 0.717) is 18.1 Å². The fraction of sp³-hybridized carbons (Fsp3) is 0.133. The lowest BCUT2D eigenvalue weighted by Crippen LogP contribution is -2.01. The number of halogens is 1. The number of ether oxygens (including phenoxy) is 3. The summed E-state index contributed by atoms with van der Waals surface area (Å²) in [4.78, 5) is 11.0. The van der Waals surface area contributed by atoms with Crippen molar-refractivity contribution in [2.75, 3.05) is 6.79 Å². The molecule has 21 heavy (non-hydrogen) atoms. The van der Waals surface area contributed by atoms with Gasteiger partial charge in [-0.15, -0.1) is 0 Å². The van der Waals surface area contributed by atoms with E-state index < -0.39 is 5.97 Å². The largest absolute Gasteiger partial charge is 0.488 e. The number of fused-ring (bicyclic) bond motifs is 1. The zero-order valence-electron chi connectivity index (χ0n) is 10.8. The Bertz CT molecular complexity index is 698. The maximum absolute atomic E-state index is 11.0. The van der Waals surface area contributed by atoms with Gasteiger partial charge in [-0.3, -0.25) is 0 Å². The van der Waals surface area contributed by atoms with Gasteiger partial charge in [-0.2, -0.15) is 0 Å². The third-order valence-corrected chi connectivity index (χ3v) is 3.90. The average Bonchev–Trinajstić information content (AvgIpc) is 2.93. The molecule has 0 unspecified atom stereocenters. The number of carboxylic acid groups (broad SMARTS) is 1. The van der Waals surface area contributed by atoms with Gasteiger partial charge < -0.3 is 19.3 Å². The Kier molecular flexibility index (Phi) is 3.87. The van der Waals surface area contributed by atoms with E-state index in [-0.39, 0.29) is 12.4 Å². The van der Waals surface area contributed by atoms with Gasteiger partial charge in [-0.05, 0) is 58.5 Å². The van der Waals surface area contributed by atoms with E-state index in [4.69, 9.17) is 19.3 Å². The standard InChI is InChI=1S/C15H11IO5/c16-11-3-2-10(15(17)18)6-13(11)19-7-9-1-4-12-14(5-9)21-8-20-12/h1-6H,7-8H2,(H,17,18). The molecule has 6 heteroatoms. The molecule has 2 aromatic carbocycles. The topological polar surface area (TPSA) is 65.0 Å². The third-order valence-electron chi connectivity index (χ3n) is 3.01. The zero-order valence-corrected chi connectivity index (χ0v) is 13.0. The minimum absolute atomic E-state index is 0.205. The number of rotatable bonds is 4. The summed E-state index contributed by atoms with van der Waals surface area (Å²) >= 11 is 2.11. The summed E-state index contributed by atoms with van der Waals surface area (Å²) in [6, 6.07) is 10.4. The van der Waals surface area contributed by atoms with E-state index in [1.165, 1.54) is 6.07 Å². The molecule has 0 fully saturated rings. The Labute approximate surface area is 134 Å². The Morgan fingerprint density at radius 1 is 1.19 bits per heavy atom. The van der Waals surface area contributed by atoms with E-state index >= 15 is 0 Å². The second kappa shape index (κ2) is 5.80. The highest BCUT2D eigenvalue weighted by Gasteiger charge is 2.14. The molecule has 0 saturated carbocycles. The van der Waals surface area contributed by atoms with E-state index in [0.717, 1.165) is 14.9 Å². The molecule has 2 aromatic rings. The van der Waals surface area contributed by atoms with Crippen LogP contribution in [0.5, 0.6) is 17.2 Å². The first kappa shape index (κ1) is 14.0. The van der Waals surface area contributed by atoms with Crippen molar-refractivity contribution in [2.45, 2.75) is 6.61 Å². The van der Waals surface area contributed by atoms with Crippen molar-refractivity contribution < 1.29 is 24.1 Å². The highest BCUT2D eigenvalue weighted by molar-refractivity contribution is 14.1. The number of carboxylic acids is 1. The molecule has 0 aromatic heterocycles. The predicted molar refractivity (Wildman–Crippen MR) is 83.0 cm³/mol. The molecule has 108 valence electrons. The first-order valence-electron chi connectivity index (χ1n) is 6.17. The quantitative estimate of drug-likeness (QED) is 0.801. The second-order valence-corrected chi connectivity index (χ2v) is 5.59. The first-order valence-corrected chi connectivity index (χ1v) is 7.25. The van der Waals surface area contributed by atoms with Gasteiger partial charge in [-0.1, -0.05) is 6.07 Å². The van der Waals surface area contributed by atoms with Crippen molar-refractivity contribution in [1.29, 1.82) is 0 Å². The maximum atomic E-state index is 11.0. The Balaban J connectivity index is 1.75. The fourth-order valence-electron chi connectivity index (χ4n) is 1.94. The molecule has 0 bridgehead atoms. The number of benzene rings is 2. The van der Waals surface area contributed by atoms with E-state index in [9.17, 15) is 4.79 Å². The van der Waals surface area contributed by atoms with Crippen LogP contribution in [0.3, 0.4) is 0 Å². The van der Waals surface area contributed by atoms with Crippen LogP contribution >= 0.6 is 22.6 Å². The van der Waals surface area contributed by atoms with Crippen LogP contribution in [-0.4, -0.2) is 17.9 Å². The monoisotopic (exact) mass is 398 g/mol. The molecular formula is C15H11IO5. The van der Waals surface area contributed by atoms with Crippen LogP contribution in [0.2, 0.25) is 0 Å². The van der Waals surface area contributed by atoms with Crippen LogP contribution in [0, 0.1) is 3.57 Å². The molecule has 0 atom stereocenters. The van der Waals surface area contributed by atoms with Gasteiger partial charge in [0.1, 0.15) is 12.4 Å². The summed E-state index contributed by atoms with van der Waals surface area (Å²) in [7, 11) is 0. The summed E-state index contributed by atoms with van der Waals surface area (Å²) in [5.41, 5.74) is 1.13. The molecular weight excluding hydrogens is 387 g/mol. The first-order chi connectivity index (χ1) is 10.1. The molecule has 0 spiro atoms. The molecule has 1 N–H and O–H groups in total. The van der Waals surface area contributed by atoms with E-state index in [1.807, 2.05) is 18.2 Å². The number of hydrogen-bond acceptors (Lipinski definition) is 4. The minimum Gasteiger partial charge on any atom is -0.488 e. The van der Waals surface area contributed by atoms with Crippen molar-refractivity contribution in [3.05, 3.63) is 51.1 Å². The average molecular weight is 398 g/mol. The van der Waals surface area contributed by atoms with Gasteiger partial charge >= 0.3 is 5.97 Å². The van der Waals surface area contributed by atoms with Gasteiger partial charge in [0.2, 0.25) is 6.79 Å². The van der Waals surface area contributed by atoms with Crippen molar-refractivity contribution in [1.82, 2.24) is 0 Å². The molecule has 0 radical (unpaired) electrons. The van der Waals surface area contributed by atoms with Crippen molar-refractivity contribution in [3.8, 4) is 17.2 Å². The number of carbonyl (C=O) groups is 1. The predicted octanol–water partition coefficient (Wildman–Crippen LogP) is 3.30. The third kappa shape index (κ3) is 3.05. The highest BCUT2D eigenvalue weighted by atomic mass is 127. The molecule has 0 aliphatic carbocycles. The molecule has 1 aliphatic rings. The summed E-state index contributed by atoms with van der Waals surface area (Å²) in [5, 5.41) is 9.00. The lowest BCUT2D eigenvalue weighted by molar-refractivity contribution is 0.0696. The summed E-state index contributed by atoms with van der Waals surface area (Å²) in [6.07, 6.45) is 0. The van der Waals surface area contributed by atoms with Crippen LogP contribution in [0.15, 0.2) is 36.4 Å². The van der Waals surface area contributed by atoms with E-state index in [2.05, 4.69) is 22.6 Å². The van der Waals surface area contributed by atoms with Crippen molar-refractivity contribution in [3.63, 3.8) is 0 Å². The second-order valence-electron chi connectivity index (χ2n) is 4.43. The van der Waals surface area contributed by atoms with Gasteiger partial charge in [-0.25, -0.2) is 4.79 Å². The molecule has 1 aliphatic heterocycles. The molecule has 1 heterocycles. The smallest absolute Gasteiger partial charge is 0.335 e. The van der Waals surface area contributed by atoms with Crippen molar-refractivity contribution in [2.24, 2.45) is 0 Å². The van der Waals surface area contributed by atoms with E-state index in [1.54, 1.807) is 12.1 Å². The van der Waals surface area contributed by atoms with Gasteiger partial charge in [0.15, 0.2) is 11.5 Å². The lowest BCUT2D eigenvalue weighted by atomic mass is 10.2. The fourth-order valence-corrected chi connectivity index (χ4v) is 2.43. The Morgan fingerprint density at radius 3 is 2.81 bits per heavy atom. The van der Waals surface area contributed by atoms with Gasteiger partial charge in [0.05, 0.1) is 9.13 Å². The zero-order chi connectivity index (χ0) is 14.8. The minimum atomic E-state index is -0.973. The number of hydrogen-bond donors (Lipinski definition) is 1. The van der Waals surface area contributed by atoms with Crippen molar-refractivity contribution >= 4 is 28.6 Å². The van der Waals surface area contributed by atoms with Crippen LogP contribution in [-0.2, 0) is 6.61 Å². The summed E-state index contributed by atoms with van der Waals surface area (Å²) < 4.78 is 17.1. The Morgan fingerprint density at radius 2 is 2.00 bits per heavy atom. The molecule has 5 nitrogen and oxygen atoms in total. The molecule has 0 saturated heterocycles. The molecule has 3 rings (SSSR count). The van der Waals surface area contributed by atoms with Crippen LogP contribution in [0.4, 0.5) is 0 Å².